The zero-order chi connectivity index (χ0) is 21.0. The molecule has 1 aliphatic heterocycles. The molecule has 5 nitrogen and oxygen atoms in total. The maximum absolute atomic E-state index is 9.43. The third-order valence-corrected chi connectivity index (χ3v) is 6.14. The highest BCUT2D eigenvalue weighted by molar-refractivity contribution is 5.90. The first-order valence-electron chi connectivity index (χ1n) is 10.9. The standard InChI is InChI=1S/C26H25N5/c27-15-11-24-29-26-23(12-16-28-25(26)21-9-5-2-6-10-21)31(24)22-13-17-30(18-14-22)19-20-7-3-1-4-8-20/h1-10,12,16,22H,11,13-14,17-19H2. The molecular formula is C26H25N5. The summed E-state index contributed by atoms with van der Waals surface area (Å²) in [6, 6.07) is 25.5. The minimum atomic E-state index is 0.313. The van der Waals surface area contributed by atoms with Gasteiger partial charge >= 0.3 is 0 Å². The Morgan fingerprint density at radius 2 is 1.65 bits per heavy atom. The van der Waals surface area contributed by atoms with E-state index in [0.717, 1.165) is 60.6 Å². The molecule has 0 N–H and O–H groups in total. The second-order valence-electron chi connectivity index (χ2n) is 8.12. The quantitative estimate of drug-likeness (QED) is 0.467. The number of benzene rings is 2. The van der Waals surface area contributed by atoms with Crippen LogP contribution < -0.4 is 0 Å². The van der Waals surface area contributed by atoms with Gasteiger partial charge in [0.15, 0.2) is 0 Å². The first-order chi connectivity index (χ1) is 15.3. The maximum atomic E-state index is 9.43. The Balaban J connectivity index is 1.44. The molecule has 0 saturated carbocycles. The predicted octanol–water partition coefficient (Wildman–Crippen LogP) is 5.00. The largest absolute Gasteiger partial charge is 0.324 e. The molecule has 1 aliphatic rings. The second kappa shape index (κ2) is 8.71. The SMILES string of the molecule is N#CCc1nc2c(-c3ccccc3)nccc2n1C1CCN(Cc2ccccc2)CC1. The van der Waals surface area contributed by atoms with Crippen molar-refractivity contribution in [1.29, 1.82) is 5.26 Å². The van der Waals surface area contributed by atoms with E-state index in [-0.39, 0.29) is 0 Å². The van der Waals surface area contributed by atoms with Crippen molar-refractivity contribution < 1.29 is 0 Å². The van der Waals surface area contributed by atoms with Crippen LogP contribution in [0.4, 0.5) is 0 Å². The van der Waals surface area contributed by atoms with E-state index in [4.69, 9.17) is 4.98 Å². The van der Waals surface area contributed by atoms with E-state index >= 15 is 0 Å². The van der Waals surface area contributed by atoms with Gasteiger partial charge in [0.05, 0.1) is 23.7 Å². The number of imidazole rings is 1. The minimum Gasteiger partial charge on any atom is -0.324 e. The van der Waals surface area contributed by atoms with Crippen LogP contribution in [0.2, 0.25) is 0 Å². The van der Waals surface area contributed by atoms with E-state index in [1.807, 2.05) is 30.5 Å². The van der Waals surface area contributed by atoms with Crippen LogP contribution in [0, 0.1) is 11.3 Å². The first-order valence-corrected chi connectivity index (χ1v) is 10.9. The molecule has 31 heavy (non-hydrogen) atoms. The number of fused-ring (bicyclic) bond motifs is 1. The van der Waals surface area contributed by atoms with Gasteiger partial charge in [0, 0.05) is 37.4 Å². The summed E-state index contributed by atoms with van der Waals surface area (Å²) in [5, 5.41) is 9.43. The van der Waals surface area contributed by atoms with Gasteiger partial charge in [-0.3, -0.25) is 9.88 Å². The first kappa shape index (κ1) is 19.5. The fourth-order valence-electron chi connectivity index (χ4n) is 4.66. The summed E-state index contributed by atoms with van der Waals surface area (Å²) < 4.78 is 2.31. The lowest BCUT2D eigenvalue weighted by atomic mass is 10.0. The average molecular weight is 408 g/mol. The second-order valence-corrected chi connectivity index (χ2v) is 8.12. The zero-order valence-electron chi connectivity index (χ0n) is 17.5. The molecule has 1 saturated heterocycles. The van der Waals surface area contributed by atoms with Gasteiger partial charge in [0.1, 0.15) is 11.3 Å². The summed E-state index contributed by atoms with van der Waals surface area (Å²) >= 11 is 0. The Morgan fingerprint density at radius 1 is 0.935 bits per heavy atom. The normalized spacial score (nSPS) is 15.2. The minimum absolute atomic E-state index is 0.313. The topological polar surface area (TPSA) is 57.7 Å². The molecule has 154 valence electrons. The van der Waals surface area contributed by atoms with Crippen LogP contribution >= 0.6 is 0 Å². The van der Waals surface area contributed by atoms with Gasteiger partial charge in [-0.25, -0.2) is 4.98 Å². The lowest BCUT2D eigenvalue weighted by Crippen LogP contribution is -2.34. The molecule has 2 aromatic heterocycles. The molecular weight excluding hydrogens is 382 g/mol. The van der Waals surface area contributed by atoms with E-state index in [2.05, 4.69) is 63.0 Å². The number of piperidine rings is 1. The lowest BCUT2D eigenvalue weighted by Gasteiger charge is -2.33. The molecule has 0 atom stereocenters. The highest BCUT2D eigenvalue weighted by Crippen LogP contribution is 2.33. The molecule has 5 heteroatoms. The van der Waals surface area contributed by atoms with Crippen LogP contribution in [0.3, 0.4) is 0 Å². The number of hydrogen-bond acceptors (Lipinski definition) is 4. The van der Waals surface area contributed by atoms with Crippen molar-refractivity contribution in [2.45, 2.75) is 31.8 Å². The van der Waals surface area contributed by atoms with E-state index in [0.29, 0.717) is 12.5 Å². The van der Waals surface area contributed by atoms with Gasteiger partial charge in [0.25, 0.3) is 0 Å². The van der Waals surface area contributed by atoms with Gasteiger partial charge in [-0.15, -0.1) is 0 Å². The van der Waals surface area contributed by atoms with Crippen molar-refractivity contribution >= 4 is 11.0 Å². The molecule has 4 aromatic rings. The summed E-state index contributed by atoms with van der Waals surface area (Å²) in [7, 11) is 0. The molecule has 0 unspecified atom stereocenters. The van der Waals surface area contributed by atoms with Crippen molar-refractivity contribution in [2.75, 3.05) is 13.1 Å². The summed E-state index contributed by atoms with van der Waals surface area (Å²) in [5.41, 5.74) is 5.28. The molecule has 0 bridgehead atoms. The molecule has 0 spiro atoms. The summed E-state index contributed by atoms with van der Waals surface area (Å²) in [6.45, 7) is 3.08. The number of nitriles is 1. The third kappa shape index (κ3) is 3.95. The van der Waals surface area contributed by atoms with Crippen molar-refractivity contribution in [3.05, 3.63) is 84.3 Å². The molecule has 0 amide bonds. The summed E-state index contributed by atoms with van der Waals surface area (Å²) in [6.07, 6.45) is 4.29. The predicted molar refractivity (Wildman–Crippen MR) is 122 cm³/mol. The van der Waals surface area contributed by atoms with Gasteiger partial charge in [-0.1, -0.05) is 60.7 Å². The van der Waals surface area contributed by atoms with Crippen LogP contribution in [0.15, 0.2) is 72.9 Å². The Hall–Kier alpha value is -3.49. The highest BCUT2D eigenvalue weighted by atomic mass is 15.2. The van der Waals surface area contributed by atoms with E-state index in [1.165, 1.54) is 5.56 Å². The van der Waals surface area contributed by atoms with Gasteiger partial charge in [-0.05, 0) is 24.5 Å². The smallest absolute Gasteiger partial charge is 0.124 e. The Morgan fingerprint density at radius 3 is 2.35 bits per heavy atom. The molecule has 3 heterocycles. The molecule has 0 radical (unpaired) electrons. The fourth-order valence-corrected chi connectivity index (χ4v) is 4.66. The van der Waals surface area contributed by atoms with Crippen LogP contribution in [0.1, 0.15) is 30.3 Å². The summed E-state index contributed by atoms with van der Waals surface area (Å²) in [4.78, 5) is 12.1. The van der Waals surface area contributed by atoms with Crippen molar-refractivity contribution in [1.82, 2.24) is 19.4 Å². The monoisotopic (exact) mass is 407 g/mol. The Labute approximate surface area is 182 Å². The van der Waals surface area contributed by atoms with Gasteiger partial charge in [0.2, 0.25) is 0 Å². The number of pyridine rings is 1. The van der Waals surface area contributed by atoms with Crippen LogP contribution in [-0.2, 0) is 13.0 Å². The molecule has 2 aromatic carbocycles. The van der Waals surface area contributed by atoms with Crippen molar-refractivity contribution in [2.24, 2.45) is 0 Å². The fraction of sp³-hybridized carbons (Fsp3) is 0.269. The average Bonchev–Trinajstić information content (AvgIpc) is 3.19. The maximum Gasteiger partial charge on any atom is 0.124 e. The summed E-state index contributed by atoms with van der Waals surface area (Å²) in [5.74, 6) is 0.851. The van der Waals surface area contributed by atoms with Crippen LogP contribution in [0.5, 0.6) is 0 Å². The molecule has 5 rings (SSSR count). The van der Waals surface area contributed by atoms with Crippen LogP contribution in [0.25, 0.3) is 22.3 Å². The van der Waals surface area contributed by atoms with Crippen molar-refractivity contribution in [3.63, 3.8) is 0 Å². The number of rotatable bonds is 5. The van der Waals surface area contributed by atoms with E-state index in [9.17, 15) is 5.26 Å². The molecule has 0 aliphatic carbocycles. The lowest BCUT2D eigenvalue weighted by molar-refractivity contribution is 0.180. The zero-order valence-corrected chi connectivity index (χ0v) is 17.5. The third-order valence-electron chi connectivity index (χ3n) is 6.14. The number of aromatic nitrogens is 3. The van der Waals surface area contributed by atoms with Gasteiger partial charge < -0.3 is 4.57 Å². The Bertz CT molecular complexity index is 1200. The van der Waals surface area contributed by atoms with Crippen molar-refractivity contribution in [3.8, 4) is 17.3 Å². The molecule has 1 fully saturated rings. The number of hydrogen-bond donors (Lipinski definition) is 0. The van der Waals surface area contributed by atoms with E-state index in [1.54, 1.807) is 0 Å². The Kier molecular flexibility index (Phi) is 5.47. The van der Waals surface area contributed by atoms with Gasteiger partial charge in [-0.2, -0.15) is 5.26 Å². The van der Waals surface area contributed by atoms with Crippen LogP contribution in [-0.4, -0.2) is 32.5 Å². The highest BCUT2D eigenvalue weighted by Gasteiger charge is 2.25. The number of nitrogens with zero attached hydrogens (tertiary/aromatic N) is 5. The number of likely N-dealkylation sites (tertiary alicyclic amines) is 1. The van der Waals surface area contributed by atoms with E-state index < -0.39 is 0 Å².